The molecule has 0 bridgehead atoms. The van der Waals surface area contributed by atoms with E-state index >= 15 is 0 Å². The lowest BCUT2D eigenvalue weighted by Gasteiger charge is -2.10. The number of unbranched alkanes of at least 4 members (excludes halogenated alkanes) is 2. The molecule has 0 aromatic heterocycles. The molecule has 0 unspecified atom stereocenters. The lowest BCUT2D eigenvalue weighted by Crippen LogP contribution is -2.06. The molecule has 0 aliphatic carbocycles. The van der Waals surface area contributed by atoms with Gasteiger partial charge in [-0.3, -0.25) is 20.2 Å². The SMILES string of the molecule is CCCCOc1ccc(OCCCC)c([N+](=O)[O-])c1[N+](=O)[O-]. The predicted octanol–water partition coefficient (Wildman–Crippen LogP) is 3.86. The van der Waals surface area contributed by atoms with Crippen molar-refractivity contribution in [1.82, 2.24) is 0 Å². The van der Waals surface area contributed by atoms with E-state index in [0.717, 1.165) is 12.8 Å². The van der Waals surface area contributed by atoms with Crippen LogP contribution in [-0.4, -0.2) is 23.1 Å². The van der Waals surface area contributed by atoms with Gasteiger partial charge >= 0.3 is 11.4 Å². The zero-order valence-electron chi connectivity index (χ0n) is 12.7. The van der Waals surface area contributed by atoms with E-state index in [4.69, 9.17) is 9.47 Å². The zero-order valence-corrected chi connectivity index (χ0v) is 12.7. The Kier molecular flexibility index (Phi) is 7.07. The van der Waals surface area contributed by atoms with E-state index in [9.17, 15) is 20.2 Å². The fourth-order valence-electron chi connectivity index (χ4n) is 1.78. The summed E-state index contributed by atoms with van der Waals surface area (Å²) in [5.41, 5.74) is -1.31. The standard InChI is InChI=1S/C14H20N2O6/c1-3-5-9-21-11-7-8-12(22-10-6-4-2)14(16(19)20)13(11)15(17)18/h7-8H,3-6,9-10H2,1-2H3. The highest BCUT2D eigenvalue weighted by molar-refractivity contribution is 5.68. The lowest BCUT2D eigenvalue weighted by molar-refractivity contribution is -0.423. The van der Waals surface area contributed by atoms with Gasteiger partial charge in [0.2, 0.25) is 11.5 Å². The van der Waals surface area contributed by atoms with Gasteiger partial charge in [0, 0.05) is 0 Å². The molecule has 1 aromatic rings. The first-order valence-electron chi connectivity index (χ1n) is 7.24. The number of nitro benzene ring substituents is 2. The minimum Gasteiger partial charge on any atom is -0.487 e. The Balaban J connectivity index is 3.18. The molecular weight excluding hydrogens is 292 g/mol. The minimum absolute atomic E-state index is 0.104. The van der Waals surface area contributed by atoms with Crippen molar-refractivity contribution in [3.05, 3.63) is 32.4 Å². The van der Waals surface area contributed by atoms with Crippen LogP contribution in [0.15, 0.2) is 12.1 Å². The molecule has 0 saturated carbocycles. The van der Waals surface area contributed by atoms with Crippen molar-refractivity contribution in [3.63, 3.8) is 0 Å². The highest BCUT2D eigenvalue weighted by Crippen LogP contribution is 2.43. The van der Waals surface area contributed by atoms with Gasteiger partial charge in [0.25, 0.3) is 0 Å². The number of nitrogens with zero attached hydrogens (tertiary/aromatic N) is 2. The van der Waals surface area contributed by atoms with Crippen molar-refractivity contribution in [1.29, 1.82) is 0 Å². The Labute approximate surface area is 128 Å². The van der Waals surface area contributed by atoms with Crippen LogP contribution in [0.5, 0.6) is 11.5 Å². The summed E-state index contributed by atoms with van der Waals surface area (Å²) >= 11 is 0. The molecule has 8 nitrogen and oxygen atoms in total. The number of hydrogen-bond acceptors (Lipinski definition) is 6. The van der Waals surface area contributed by atoms with Crippen molar-refractivity contribution in [2.24, 2.45) is 0 Å². The van der Waals surface area contributed by atoms with Crippen molar-refractivity contribution < 1.29 is 19.3 Å². The summed E-state index contributed by atoms with van der Waals surface area (Å²) in [5.74, 6) is -0.207. The van der Waals surface area contributed by atoms with Gasteiger partial charge in [-0.15, -0.1) is 0 Å². The quantitative estimate of drug-likeness (QED) is 0.369. The molecule has 0 N–H and O–H groups in total. The summed E-state index contributed by atoms with van der Waals surface area (Å²) in [6, 6.07) is 2.70. The van der Waals surface area contributed by atoms with E-state index in [0.29, 0.717) is 12.8 Å². The van der Waals surface area contributed by atoms with Crippen LogP contribution < -0.4 is 9.47 Å². The Morgan fingerprint density at radius 3 is 1.50 bits per heavy atom. The molecule has 1 rings (SSSR count). The first-order valence-corrected chi connectivity index (χ1v) is 7.24. The molecule has 0 aliphatic rings. The molecule has 22 heavy (non-hydrogen) atoms. The first kappa shape index (κ1) is 17.7. The van der Waals surface area contributed by atoms with E-state index in [-0.39, 0.29) is 24.7 Å². The number of benzene rings is 1. The highest BCUT2D eigenvalue weighted by atomic mass is 16.6. The molecule has 8 heteroatoms. The second kappa shape index (κ2) is 8.81. The summed E-state index contributed by atoms with van der Waals surface area (Å²) in [7, 11) is 0. The Morgan fingerprint density at radius 1 is 0.864 bits per heavy atom. The molecule has 122 valence electrons. The minimum atomic E-state index is -0.800. The summed E-state index contributed by atoms with van der Waals surface area (Å²) < 4.78 is 10.6. The van der Waals surface area contributed by atoms with Crippen molar-refractivity contribution >= 4 is 11.4 Å². The molecule has 0 fully saturated rings. The van der Waals surface area contributed by atoms with Crippen molar-refractivity contribution in [2.45, 2.75) is 39.5 Å². The zero-order chi connectivity index (χ0) is 16.5. The molecule has 0 amide bonds. The van der Waals surface area contributed by atoms with E-state index in [1.54, 1.807) is 0 Å². The molecular formula is C14H20N2O6. The summed E-state index contributed by atoms with van der Waals surface area (Å²) in [5, 5.41) is 22.5. The second-order valence-electron chi connectivity index (χ2n) is 4.68. The van der Waals surface area contributed by atoms with Crippen LogP contribution in [0.2, 0.25) is 0 Å². The molecule has 1 aromatic carbocycles. The fraction of sp³-hybridized carbons (Fsp3) is 0.571. The molecule has 0 heterocycles. The average Bonchev–Trinajstić information content (AvgIpc) is 2.47. The third-order valence-electron chi connectivity index (χ3n) is 2.95. The molecule has 0 saturated heterocycles. The fourth-order valence-corrected chi connectivity index (χ4v) is 1.78. The Morgan fingerprint density at radius 2 is 1.23 bits per heavy atom. The summed E-state index contributed by atoms with van der Waals surface area (Å²) in [6.07, 6.45) is 3.13. The Hall–Kier alpha value is -2.38. The van der Waals surface area contributed by atoms with Crippen LogP contribution in [0.4, 0.5) is 11.4 Å². The highest BCUT2D eigenvalue weighted by Gasteiger charge is 2.34. The molecule has 0 atom stereocenters. The number of ether oxygens (including phenoxy) is 2. The average molecular weight is 312 g/mol. The van der Waals surface area contributed by atoms with Crippen LogP contribution in [-0.2, 0) is 0 Å². The van der Waals surface area contributed by atoms with Gasteiger partial charge in [0.15, 0.2) is 0 Å². The van der Waals surface area contributed by atoms with Gasteiger partial charge in [-0.05, 0) is 25.0 Å². The maximum Gasteiger partial charge on any atom is 0.391 e. The number of nitro groups is 2. The Bertz CT molecular complexity index is 485. The van der Waals surface area contributed by atoms with Crippen LogP contribution in [0.1, 0.15) is 39.5 Å². The molecule has 0 spiro atoms. The van der Waals surface area contributed by atoms with E-state index in [2.05, 4.69) is 0 Å². The van der Waals surface area contributed by atoms with Crippen molar-refractivity contribution in [3.8, 4) is 11.5 Å². The largest absolute Gasteiger partial charge is 0.487 e. The maximum absolute atomic E-state index is 11.2. The van der Waals surface area contributed by atoms with E-state index in [1.807, 2.05) is 13.8 Å². The van der Waals surface area contributed by atoms with Gasteiger partial charge in [-0.2, -0.15) is 0 Å². The van der Waals surface area contributed by atoms with Gasteiger partial charge in [0.05, 0.1) is 23.1 Å². The van der Waals surface area contributed by atoms with Gasteiger partial charge < -0.3 is 9.47 Å². The molecule has 0 radical (unpaired) electrons. The summed E-state index contributed by atoms with van der Waals surface area (Å²) in [4.78, 5) is 20.9. The maximum atomic E-state index is 11.2. The lowest BCUT2D eigenvalue weighted by atomic mass is 10.2. The predicted molar refractivity (Wildman–Crippen MR) is 80.6 cm³/mol. The number of rotatable bonds is 10. The van der Waals surface area contributed by atoms with Gasteiger partial charge in [-0.1, -0.05) is 26.7 Å². The second-order valence-corrected chi connectivity index (χ2v) is 4.68. The number of hydrogen-bond donors (Lipinski definition) is 0. The smallest absolute Gasteiger partial charge is 0.391 e. The van der Waals surface area contributed by atoms with Gasteiger partial charge in [-0.25, -0.2) is 0 Å². The molecule has 0 aliphatic heterocycles. The monoisotopic (exact) mass is 312 g/mol. The first-order chi connectivity index (χ1) is 10.5. The van der Waals surface area contributed by atoms with Crippen LogP contribution >= 0.6 is 0 Å². The summed E-state index contributed by atoms with van der Waals surface area (Å²) in [6.45, 7) is 4.44. The van der Waals surface area contributed by atoms with Crippen LogP contribution in [0.3, 0.4) is 0 Å². The van der Waals surface area contributed by atoms with Crippen LogP contribution in [0, 0.1) is 20.2 Å². The third kappa shape index (κ3) is 4.57. The van der Waals surface area contributed by atoms with Gasteiger partial charge in [0.1, 0.15) is 0 Å². The third-order valence-corrected chi connectivity index (χ3v) is 2.95. The topological polar surface area (TPSA) is 105 Å². The van der Waals surface area contributed by atoms with E-state index in [1.165, 1.54) is 12.1 Å². The van der Waals surface area contributed by atoms with Crippen molar-refractivity contribution in [2.75, 3.05) is 13.2 Å². The van der Waals surface area contributed by atoms with Crippen LogP contribution in [0.25, 0.3) is 0 Å². The van der Waals surface area contributed by atoms with E-state index < -0.39 is 21.2 Å². The normalized spacial score (nSPS) is 10.3.